The van der Waals surface area contributed by atoms with E-state index in [2.05, 4.69) is 41.5 Å². The molecule has 0 radical (unpaired) electrons. The van der Waals surface area contributed by atoms with Gasteiger partial charge in [0, 0.05) is 25.7 Å². The summed E-state index contributed by atoms with van der Waals surface area (Å²) in [6, 6.07) is 0. The number of carbonyl (C=O) groups excluding carboxylic acids is 4. The van der Waals surface area contributed by atoms with Crippen molar-refractivity contribution in [2.75, 3.05) is 39.6 Å². The Hall–Kier alpha value is -1.94. The largest absolute Gasteiger partial charge is 0.472 e. The Balaban J connectivity index is 5.20. The van der Waals surface area contributed by atoms with Crippen LogP contribution in [-0.4, -0.2) is 96.7 Å². The number of esters is 4. The average Bonchev–Trinajstić information content (AvgIpc) is 0.935. The van der Waals surface area contributed by atoms with E-state index in [-0.39, 0.29) is 25.7 Å². The van der Waals surface area contributed by atoms with Crippen molar-refractivity contribution in [2.45, 2.75) is 445 Å². The summed E-state index contributed by atoms with van der Waals surface area (Å²) < 4.78 is 68.6. The Morgan fingerprint density at radius 2 is 0.510 bits per heavy atom. The molecule has 0 heterocycles. The third-order valence-electron chi connectivity index (χ3n) is 19.3. The van der Waals surface area contributed by atoms with Gasteiger partial charge in [0.2, 0.25) is 0 Å². The number of phosphoric acid groups is 2. The molecule has 0 spiro atoms. The first-order chi connectivity index (χ1) is 48.4. The molecule has 0 aliphatic rings. The standard InChI is InChI=1S/C81H158O17P2/c1-7-10-12-14-16-18-19-20-21-24-28-31-34-40-46-52-58-64-79(84)92-70-77(98-80(85)65-59-53-47-41-35-32-29-26-23-22-25-27-30-33-38-43-49-55-61-73(4)5)72-96-100(89,90)94-68-75(82)67-93-99(87,88)95-71-76(69-91-78(83)63-57-51-45-17-15-13-11-8-2)97-81(86)66-60-54-48-42-37-36-39-44-50-56-62-74(6)9-3/h73-77,82H,7-72H2,1-6H3,(H,87,88)(H,89,90)/t74?,75-,76+,77+/m0/s1. The Morgan fingerprint density at radius 1 is 0.290 bits per heavy atom. The summed E-state index contributed by atoms with van der Waals surface area (Å²) >= 11 is 0. The molecule has 0 aliphatic heterocycles. The summed E-state index contributed by atoms with van der Waals surface area (Å²) in [6.07, 6.45) is 62.5. The van der Waals surface area contributed by atoms with Gasteiger partial charge in [-0.15, -0.1) is 0 Å². The van der Waals surface area contributed by atoms with Gasteiger partial charge in [0.1, 0.15) is 19.3 Å². The first-order valence-electron chi connectivity index (χ1n) is 42.0. The van der Waals surface area contributed by atoms with Gasteiger partial charge in [-0.25, -0.2) is 9.13 Å². The van der Waals surface area contributed by atoms with E-state index in [0.717, 1.165) is 108 Å². The average molecular weight is 1470 g/mol. The summed E-state index contributed by atoms with van der Waals surface area (Å²) in [5.74, 6) is -0.487. The summed E-state index contributed by atoms with van der Waals surface area (Å²) in [5.41, 5.74) is 0. The molecule has 0 bridgehead atoms. The van der Waals surface area contributed by atoms with E-state index < -0.39 is 97.5 Å². The number of hydrogen-bond acceptors (Lipinski definition) is 15. The molecule has 594 valence electrons. The number of ether oxygens (including phenoxy) is 4. The molecule has 0 amide bonds. The maximum absolute atomic E-state index is 13.1. The Labute approximate surface area is 613 Å². The van der Waals surface area contributed by atoms with Crippen molar-refractivity contribution in [1.29, 1.82) is 0 Å². The summed E-state index contributed by atoms with van der Waals surface area (Å²) in [6.45, 7) is 9.67. The van der Waals surface area contributed by atoms with Gasteiger partial charge < -0.3 is 33.8 Å². The second-order valence-corrected chi connectivity index (χ2v) is 32.8. The zero-order valence-corrected chi connectivity index (χ0v) is 67.3. The quantitative estimate of drug-likeness (QED) is 0.0222. The maximum Gasteiger partial charge on any atom is 0.472 e. The molecule has 0 rings (SSSR count). The zero-order valence-electron chi connectivity index (χ0n) is 65.5. The van der Waals surface area contributed by atoms with Gasteiger partial charge in [-0.1, -0.05) is 375 Å². The van der Waals surface area contributed by atoms with Crippen molar-refractivity contribution < 1.29 is 80.2 Å². The van der Waals surface area contributed by atoms with Crippen LogP contribution in [-0.2, 0) is 65.4 Å². The van der Waals surface area contributed by atoms with Crippen LogP contribution < -0.4 is 0 Å². The predicted octanol–water partition coefficient (Wildman–Crippen LogP) is 24.3. The van der Waals surface area contributed by atoms with E-state index in [1.165, 1.54) is 238 Å². The van der Waals surface area contributed by atoms with Crippen molar-refractivity contribution in [3.63, 3.8) is 0 Å². The molecule has 3 N–H and O–H groups in total. The summed E-state index contributed by atoms with van der Waals surface area (Å²) in [5, 5.41) is 10.6. The lowest BCUT2D eigenvalue weighted by Crippen LogP contribution is -2.30. The molecule has 0 saturated heterocycles. The van der Waals surface area contributed by atoms with Crippen LogP contribution in [0.1, 0.15) is 427 Å². The van der Waals surface area contributed by atoms with Crippen LogP contribution in [0.25, 0.3) is 0 Å². The Morgan fingerprint density at radius 3 is 0.760 bits per heavy atom. The number of hydrogen-bond donors (Lipinski definition) is 3. The second kappa shape index (κ2) is 72.6. The SMILES string of the molecule is CCCCCCCCCCCCCCCCCCCC(=O)OC[C@H](COP(=O)(O)OC[C@@H](O)COP(=O)(O)OC[C@@H](COC(=O)CCCCCCCCCC)OC(=O)CCCCCCCCCCCCC(C)CC)OC(=O)CCCCCCCCCCCCCCCCCCCCC(C)C. The lowest BCUT2D eigenvalue weighted by Gasteiger charge is -2.21. The molecular formula is C81H158O17P2. The second-order valence-electron chi connectivity index (χ2n) is 29.9. The van der Waals surface area contributed by atoms with Gasteiger partial charge >= 0.3 is 39.5 Å². The van der Waals surface area contributed by atoms with Crippen LogP contribution in [0.3, 0.4) is 0 Å². The highest BCUT2D eigenvalue weighted by Crippen LogP contribution is 2.45. The van der Waals surface area contributed by atoms with E-state index in [1.807, 2.05) is 0 Å². The van der Waals surface area contributed by atoms with Gasteiger partial charge in [-0.05, 0) is 37.5 Å². The van der Waals surface area contributed by atoms with Crippen molar-refractivity contribution in [3.8, 4) is 0 Å². The van der Waals surface area contributed by atoms with E-state index in [0.29, 0.717) is 25.7 Å². The molecule has 6 atom stereocenters. The zero-order chi connectivity index (χ0) is 73.5. The van der Waals surface area contributed by atoms with Crippen LogP contribution in [0.4, 0.5) is 0 Å². The molecule has 17 nitrogen and oxygen atoms in total. The molecule has 3 unspecified atom stereocenters. The van der Waals surface area contributed by atoms with Gasteiger partial charge in [0.15, 0.2) is 12.2 Å². The van der Waals surface area contributed by atoms with Crippen molar-refractivity contribution >= 4 is 39.5 Å². The van der Waals surface area contributed by atoms with Crippen LogP contribution in [0.2, 0.25) is 0 Å². The third-order valence-corrected chi connectivity index (χ3v) is 21.2. The highest BCUT2D eigenvalue weighted by molar-refractivity contribution is 7.47. The van der Waals surface area contributed by atoms with E-state index in [4.69, 9.17) is 37.0 Å². The Bertz CT molecular complexity index is 1930. The van der Waals surface area contributed by atoms with Crippen LogP contribution in [0.15, 0.2) is 0 Å². The predicted molar refractivity (Wildman–Crippen MR) is 409 cm³/mol. The third kappa shape index (κ3) is 73.0. The van der Waals surface area contributed by atoms with Gasteiger partial charge in [0.25, 0.3) is 0 Å². The highest BCUT2D eigenvalue weighted by atomic mass is 31.2. The summed E-state index contributed by atoms with van der Waals surface area (Å²) in [4.78, 5) is 72.9. The number of unbranched alkanes of at least 4 members (excludes halogenated alkanes) is 49. The molecular weight excluding hydrogens is 1310 g/mol. The maximum atomic E-state index is 13.1. The molecule has 0 aromatic rings. The van der Waals surface area contributed by atoms with Crippen LogP contribution in [0, 0.1) is 11.8 Å². The minimum atomic E-state index is -4.96. The first kappa shape index (κ1) is 98.1. The van der Waals surface area contributed by atoms with Gasteiger partial charge in [0.05, 0.1) is 26.4 Å². The number of aliphatic hydroxyl groups is 1. The molecule has 19 heteroatoms. The number of rotatable bonds is 80. The molecule has 0 aromatic heterocycles. The Kier molecular flexibility index (Phi) is 71.2. The van der Waals surface area contributed by atoms with E-state index in [9.17, 15) is 43.2 Å². The minimum Gasteiger partial charge on any atom is -0.462 e. The monoisotopic (exact) mass is 1470 g/mol. The highest BCUT2D eigenvalue weighted by Gasteiger charge is 2.30. The van der Waals surface area contributed by atoms with E-state index >= 15 is 0 Å². The number of phosphoric ester groups is 2. The fourth-order valence-electron chi connectivity index (χ4n) is 12.5. The molecule has 0 fully saturated rings. The van der Waals surface area contributed by atoms with Crippen molar-refractivity contribution in [3.05, 3.63) is 0 Å². The normalized spacial score (nSPS) is 14.2. The molecule has 0 saturated carbocycles. The summed E-state index contributed by atoms with van der Waals surface area (Å²) in [7, 11) is -9.92. The smallest absolute Gasteiger partial charge is 0.462 e. The molecule has 0 aliphatic carbocycles. The van der Waals surface area contributed by atoms with Gasteiger partial charge in [-0.3, -0.25) is 37.3 Å². The fraction of sp³-hybridized carbons (Fsp3) is 0.951. The van der Waals surface area contributed by atoms with E-state index in [1.54, 1.807) is 0 Å². The lowest BCUT2D eigenvalue weighted by molar-refractivity contribution is -0.161. The first-order valence-corrected chi connectivity index (χ1v) is 45.0. The molecule has 0 aromatic carbocycles. The van der Waals surface area contributed by atoms with Crippen molar-refractivity contribution in [2.24, 2.45) is 11.8 Å². The fourth-order valence-corrected chi connectivity index (χ4v) is 14.1. The number of carbonyl (C=O) groups is 4. The van der Waals surface area contributed by atoms with Crippen LogP contribution >= 0.6 is 15.6 Å². The number of aliphatic hydroxyl groups excluding tert-OH is 1. The van der Waals surface area contributed by atoms with Crippen LogP contribution in [0.5, 0.6) is 0 Å². The van der Waals surface area contributed by atoms with Crippen molar-refractivity contribution in [1.82, 2.24) is 0 Å². The van der Waals surface area contributed by atoms with Gasteiger partial charge in [-0.2, -0.15) is 0 Å². The lowest BCUT2D eigenvalue weighted by atomic mass is 9.99. The minimum absolute atomic E-state index is 0.106. The molecule has 100 heavy (non-hydrogen) atoms. The topological polar surface area (TPSA) is 237 Å².